The Labute approximate surface area is 121 Å². The van der Waals surface area contributed by atoms with Crippen LogP contribution >= 0.6 is 0 Å². The minimum absolute atomic E-state index is 0.942. The van der Waals surface area contributed by atoms with Crippen LogP contribution in [0, 0.1) is 13.8 Å². The van der Waals surface area contributed by atoms with Gasteiger partial charge in [0.1, 0.15) is 0 Å². The molecule has 0 aromatic heterocycles. The second kappa shape index (κ2) is 6.85. The van der Waals surface area contributed by atoms with E-state index in [-0.39, 0.29) is 0 Å². The largest absolute Gasteiger partial charge is 0.288 e. The van der Waals surface area contributed by atoms with Gasteiger partial charge in [-0.2, -0.15) is 0 Å². The molecule has 0 saturated carbocycles. The molecule has 2 aromatic carbocycles. The lowest BCUT2D eigenvalue weighted by Crippen LogP contribution is -1.99. The predicted octanol–water partition coefficient (Wildman–Crippen LogP) is 4.52. The van der Waals surface area contributed by atoms with Crippen LogP contribution in [0.1, 0.15) is 22.3 Å². The summed E-state index contributed by atoms with van der Waals surface area (Å²) in [6.45, 7) is 4.27. The van der Waals surface area contributed by atoms with Gasteiger partial charge in [0, 0.05) is 12.6 Å². The molecule has 0 saturated heterocycles. The second-order valence-corrected chi connectivity index (χ2v) is 4.96. The molecular weight excluding hydrogens is 242 g/mol. The molecule has 0 aliphatic rings. The summed E-state index contributed by atoms with van der Waals surface area (Å²) in [5.41, 5.74) is 6.20. The fourth-order valence-electron chi connectivity index (χ4n) is 2.28. The number of hydrogen-bond donors (Lipinski definition) is 0. The third-order valence-corrected chi connectivity index (χ3v) is 3.54. The molecule has 0 atom stereocenters. The molecule has 1 heteroatoms. The van der Waals surface area contributed by atoms with Crippen LogP contribution in [-0.4, -0.2) is 12.8 Å². The fourth-order valence-corrected chi connectivity index (χ4v) is 2.28. The van der Waals surface area contributed by atoms with Gasteiger partial charge in [0.25, 0.3) is 0 Å². The highest BCUT2D eigenvalue weighted by atomic mass is 14.7. The maximum absolute atomic E-state index is 4.40. The Morgan fingerprint density at radius 3 is 2.25 bits per heavy atom. The third kappa shape index (κ3) is 3.45. The number of aliphatic imine (C=N–C) groups is 1. The lowest BCUT2D eigenvalue weighted by Gasteiger charge is -2.05. The first-order valence-corrected chi connectivity index (χ1v) is 6.96. The van der Waals surface area contributed by atoms with Crippen molar-refractivity contribution in [2.45, 2.75) is 20.3 Å². The Kier molecular flexibility index (Phi) is 4.89. The summed E-state index contributed by atoms with van der Waals surface area (Å²) in [7, 11) is 1.85. The molecule has 1 nitrogen and oxygen atoms in total. The number of allylic oxidation sites excluding steroid dienone is 2. The van der Waals surface area contributed by atoms with E-state index in [1.54, 1.807) is 0 Å². The quantitative estimate of drug-likeness (QED) is 0.719. The summed E-state index contributed by atoms with van der Waals surface area (Å²) < 4.78 is 0. The molecule has 102 valence electrons. The van der Waals surface area contributed by atoms with Gasteiger partial charge in [0.2, 0.25) is 0 Å². The standard InChI is InChI=1S/C19H21N/c1-15-9-4-6-11-17(15)12-8-14-19(20-3)18-13-7-5-10-16(18)2/h4-11,13-14H,12H2,1-3H3/b14-8-,20-19?. The van der Waals surface area contributed by atoms with Gasteiger partial charge in [-0.1, -0.05) is 54.6 Å². The molecule has 0 bridgehead atoms. The zero-order valence-electron chi connectivity index (χ0n) is 12.4. The Bertz CT molecular complexity index is 636. The zero-order valence-corrected chi connectivity index (χ0v) is 12.4. The Morgan fingerprint density at radius 1 is 0.950 bits per heavy atom. The highest BCUT2D eigenvalue weighted by Gasteiger charge is 2.01. The summed E-state index contributed by atoms with van der Waals surface area (Å²) in [4.78, 5) is 4.40. The molecule has 0 heterocycles. The first-order chi connectivity index (χ1) is 9.72. The molecule has 2 aromatic rings. The van der Waals surface area contributed by atoms with Crippen molar-refractivity contribution in [2.24, 2.45) is 4.99 Å². The molecule has 20 heavy (non-hydrogen) atoms. The van der Waals surface area contributed by atoms with E-state index < -0.39 is 0 Å². The minimum Gasteiger partial charge on any atom is -0.288 e. The normalized spacial score (nSPS) is 12.1. The average Bonchev–Trinajstić information content (AvgIpc) is 2.46. The molecule has 0 aliphatic heterocycles. The van der Waals surface area contributed by atoms with Gasteiger partial charge in [-0.05, 0) is 43.0 Å². The molecule has 0 radical (unpaired) electrons. The van der Waals surface area contributed by atoms with Crippen LogP contribution in [0.4, 0.5) is 0 Å². The summed E-state index contributed by atoms with van der Waals surface area (Å²) in [6, 6.07) is 16.9. The maximum Gasteiger partial charge on any atom is 0.0642 e. The zero-order chi connectivity index (χ0) is 14.4. The predicted molar refractivity (Wildman–Crippen MR) is 87.7 cm³/mol. The van der Waals surface area contributed by atoms with Crippen LogP contribution in [0.25, 0.3) is 0 Å². The summed E-state index contributed by atoms with van der Waals surface area (Å²) in [5.74, 6) is 0. The molecule has 0 fully saturated rings. The van der Waals surface area contributed by atoms with Crippen molar-refractivity contribution in [1.82, 2.24) is 0 Å². The number of rotatable bonds is 4. The minimum atomic E-state index is 0.942. The lowest BCUT2D eigenvalue weighted by atomic mass is 10.0. The van der Waals surface area contributed by atoms with Gasteiger partial charge < -0.3 is 0 Å². The SMILES string of the molecule is CN=C(/C=C\Cc1ccccc1C)c1ccccc1C. The second-order valence-electron chi connectivity index (χ2n) is 4.96. The summed E-state index contributed by atoms with van der Waals surface area (Å²) in [5, 5.41) is 0. The molecule has 0 aliphatic carbocycles. The lowest BCUT2D eigenvalue weighted by molar-refractivity contribution is 1.21. The van der Waals surface area contributed by atoms with Crippen LogP contribution in [0.3, 0.4) is 0 Å². The van der Waals surface area contributed by atoms with Gasteiger partial charge in [-0.3, -0.25) is 4.99 Å². The van der Waals surface area contributed by atoms with E-state index >= 15 is 0 Å². The monoisotopic (exact) mass is 263 g/mol. The van der Waals surface area contributed by atoms with Gasteiger partial charge in [-0.25, -0.2) is 0 Å². The van der Waals surface area contributed by atoms with E-state index in [1.165, 1.54) is 22.3 Å². The van der Waals surface area contributed by atoms with Crippen LogP contribution in [-0.2, 0) is 6.42 Å². The van der Waals surface area contributed by atoms with E-state index in [0.29, 0.717) is 0 Å². The molecule has 0 N–H and O–H groups in total. The van der Waals surface area contributed by atoms with Crippen LogP contribution in [0.2, 0.25) is 0 Å². The van der Waals surface area contributed by atoms with Crippen molar-refractivity contribution in [3.63, 3.8) is 0 Å². The number of aryl methyl sites for hydroxylation is 2. The smallest absolute Gasteiger partial charge is 0.0642 e. The van der Waals surface area contributed by atoms with Crippen molar-refractivity contribution in [2.75, 3.05) is 7.05 Å². The van der Waals surface area contributed by atoms with E-state index in [2.05, 4.69) is 79.5 Å². The van der Waals surface area contributed by atoms with Crippen LogP contribution < -0.4 is 0 Å². The average molecular weight is 263 g/mol. The number of benzene rings is 2. The molecule has 0 amide bonds. The van der Waals surface area contributed by atoms with E-state index in [4.69, 9.17) is 0 Å². The van der Waals surface area contributed by atoms with Crippen molar-refractivity contribution in [3.05, 3.63) is 82.9 Å². The third-order valence-electron chi connectivity index (χ3n) is 3.54. The Morgan fingerprint density at radius 2 is 1.60 bits per heavy atom. The highest BCUT2D eigenvalue weighted by molar-refractivity contribution is 6.09. The van der Waals surface area contributed by atoms with Crippen LogP contribution in [0.5, 0.6) is 0 Å². The summed E-state index contributed by atoms with van der Waals surface area (Å²) >= 11 is 0. The van der Waals surface area contributed by atoms with Crippen molar-refractivity contribution < 1.29 is 0 Å². The van der Waals surface area contributed by atoms with Gasteiger partial charge in [-0.15, -0.1) is 0 Å². The number of hydrogen-bond acceptors (Lipinski definition) is 1. The van der Waals surface area contributed by atoms with Gasteiger partial charge in [0.05, 0.1) is 5.71 Å². The van der Waals surface area contributed by atoms with Crippen molar-refractivity contribution >= 4 is 5.71 Å². The van der Waals surface area contributed by atoms with Crippen LogP contribution in [0.15, 0.2) is 65.7 Å². The van der Waals surface area contributed by atoms with Gasteiger partial charge >= 0.3 is 0 Å². The first kappa shape index (κ1) is 14.3. The molecule has 0 unspecified atom stereocenters. The number of nitrogens with zero attached hydrogens (tertiary/aromatic N) is 1. The Hall–Kier alpha value is -2.15. The first-order valence-electron chi connectivity index (χ1n) is 6.96. The maximum atomic E-state index is 4.40. The topological polar surface area (TPSA) is 12.4 Å². The fraction of sp³-hybridized carbons (Fsp3) is 0.211. The molecule has 2 rings (SSSR count). The highest BCUT2D eigenvalue weighted by Crippen LogP contribution is 2.11. The van der Waals surface area contributed by atoms with Crippen molar-refractivity contribution in [1.29, 1.82) is 0 Å². The summed E-state index contributed by atoms with van der Waals surface area (Å²) in [6.07, 6.45) is 5.25. The molecule has 0 spiro atoms. The van der Waals surface area contributed by atoms with E-state index in [0.717, 1.165) is 12.1 Å². The Balaban J connectivity index is 2.14. The van der Waals surface area contributed by atoms with Crippen molar-refractivity contribution in [3.8, 4) is 0 Å². The van der Waals surface area contributed by atoms with E-state index in [9.17, 15) is 0 Å². The van der Waals surface area contributed by atoms with Gasteiger partial charge in [0.15, 0.2) is 0 Å². The molecular formula is C19H21N. The van der Waals surface area contributed by atoms with E-state index in [1.807, 2.05) is 7.05 Å².